The molecule has 0 spiro atoms. The minimum absolute atomic E-state index is 0.0338. The maximum atomic E-state index is 12.2. The molecule has 1 fully saturated rings. The summed E-state index contributed by atoms with van der Waals surface area (Å²) in [5.41, 5.74) is 3.29. The fourth-order valence-electron chi connectivity index (χ4n) is 3.40. The number of carbonyl (C=O) groups is 1. The van der Waals surface area contributed by atoms with Gasteiger partial charge in [-0.3, -0.25) is 4.79 Å². The fourth-order valence-corrected chi connectivity index (χ4v) is 3.40. The molecule has 2 aromatic carbocycles. The van der Waals surface area contributed by atoms with E-state index in [0.29, 0.717) is 18.7 Å². The number of hydrogen-bond donors (Lipinski definition) is 1. The number of benzene rings is 2. The number of likely N-dealkylation sites (N-methyl/N-ethyl adjacent to an activating group) is 1. The van der Waals surface area contributed by atoms with Crippen molar-refractivity contribution in [3.8, 4) is 5.75 Å². The van der Waals surface area contributed by atoms with Gasteiger partial charge >= 0.3 is 0 Å². The summed E-state index contributed by atoms with van der Waals surface area (Å²) in [7, 11) is 2.18. The molecule has 28 heavy (non-hydrogen) atoms. The van der Waals surface area contributed by atoms with Crippen molar-refractivity contribution in [2.24, 2.45) is 0 Å². The molecule has 1 amide bonds. The summed E-state index contributed by atoms with van der Waals surface area (Å²) >= 11 is 0. The van der Waals surface area contributed by atoms with Gasteiger partial charge in [0.1, 0.15) is 5.75 Å². The number of piperazine rings is 1. The van der Waals surface area contributed by atoms with Gasteiger partial charge in [0, 0.05) is 44.0 Å². The number of nitrogens with zero attached hydrogens (tertiary/aromatic N) is 2. The van der Waals surface area contributed by atoms with Gasteiger partial charge in [0.25, 0.3) is 5.91 Å². The first-order chi connectivity index (χ1) is 13.7. The van der Waals surface area contributed by atoms with E-state index < -0.39 is 0 Å². The lowest BCUT2D eigenvalue weighted by Crippen LogP contribution is -2.44. The smallest absolute Gasteiger partial charge is 0.251 e. The summed E-state index contributed by atoms with van der Waals surface area (Å²) < 4.78 is 5.40. The predicted octanol–water partition coefficient (Wildman–Crippen LogP) is 3.20. The zero-order chi connectivity index (χ0) is 19.8. The van der Waals surface area contributed by atoms with Gasteiger partial charge in [-0.1, -0.05) is 12.1 Å². The molecular weight excluding hydrogens is 350 g/mol. The Kier molecular flexibility index (Phi) is 7.31. The number of anilines is 1. The van der Waals surface area contributed by atoms with Crippen molar-refractivity contribution in [3.05, 3.63) is 59.7 Å². The molecule has 2 aromatic rings. The number of ether oxygens (including phenoxy) is 1. The molecule has 0 saturated carbocycles. The molecule has 0 atom stereocenters. The van der Waals surface area contributed by atoms with Gasteiger partial charge in [0.15, 0.2) is 0 Å². The molecule has 0 aromatic heterocycles. The second-order valence-corrected chi connectivity index (χ2v) is 7.27. The summed E-state index contributed by atoms with van der Waals surface area (Å²) in [5.74, 6) is 0.757. The fraction of sp³-hybridized carbons (Fsp3) is 0.435. The van der Waals surface area contributed by atoms with Crippen molar-refractivity contribution in [2.45, 2.75) is 19.8 Å². The van der Waals surface area contributed by atoms with Crippen LogP contribution in [0.15, 0.2) is 48.5 Å². The first-order valence-corrected chi connectivity index (χ1v) is 10.2. The van der Waals surface area contributed by atoms with E-state index in [0.717, 1.165) is 44.8 Å². The van der Waals surface area contributed by atoms with E-state index in [1.54, 1.807) is 12.1 Å². The molecule has 0 radical (unpaired) electrons. The standard InChI is InChI=1S/C23H31N3O2/c1-3-28-22-12-8-20(9-13-22)23(27)24-14-4-5-19-6-10-21(11-7-19)26-17-15-25(2)16-18-26/h6-13H,3-5,14-18H2,1-2H3,(H,24,27). The Morgan fingerprint density at radius 3 is 2.32 bits per heavy atom. The third-order valence-corrected chi connectivity index (χ3v) is 5.16. The number of nitrogens with one attached hydrogen (secondary N) is 1. The van der Waals surface area contributed by atoms with E-state index in [4.69, 9.17) is 4.74 Å². The van der Waals surface area contributed by atoms with Crippen LogP contribution in [0.25, 0.3) is 0 Å². The van der Waals surface area contributed by atoms with Crippen LogP contribution in [0.4, 0.5) is 5.69 Å². The second kappa shape index (κ2) is 10.1. The quantitative estimate of drug-likeness (QED) is 0.714. The van der Waals surface area contributed by atoms with Crippen LogP contribution < -0.4 is 15.0 Å². The van der Waals surface area contributed by atoms with Crippen molar-refractivity contribution in [1.29, 1.82) is 0 Å². The SMILES string of the molecule is CCOc1ccc(C(=O)NCCCc2ccc(N3CCN(C)CC3)cc2)cc1. The Hall–Kier alpha value is -2.53. The van der Waals surface area contributed by atoms with Crippen LogP contribution in [0.2, 0.25) is 0 Å². The number of hydrogen-bond acceptors (Lipinski definition) is 4. The second-order valence-electron chi connectivity index (χ2n) is 7.27. The molecule has 5 nitrogen and oxygen atoms in total. The minimum Gasteiger partial charge on any atom is -0.494 e. The predicted molar refractivity (Wildman–Crippen MR) is 114 cm³/mol. The third-order valence-electron chi connectivity index (χ3n) is 5.16. The Balaban J connectivity index is 1.39. The van der Waals surface area contributed by atoms with Crippen LogP contribution in [-0.2, 0) is 6.42 Å². The molecule has 1 saturated heterocycles. The summed E-state index contributed by atoms with van der Waals surface area (Å²) in [5, 5.41) is 3.00. The van der Waals surface area contributed by atoms with Gasteiger partial charge in [-0.05, 0) is 68.8 Å². The number of rotatable bonds is 8. The highest BCUT2D eigenvalue weighted by Gasteiger charge is 2.13. The van der Waals surface area contributed by atoms with Crippen LogP contribution in [0.1, 0.15) is 29.3 Å². The lowest BCUT2D eigenvalue weighted by atomic mass is 10.1. The summed E-state index contributed by atoms with van der Waals surface area (Å²) in [6.45, 7) is 7.67. The maximum Gasteiger partial charge on any atom is 0.251 e. The molecule has 3 rings (SSSR count). The van der Waals surface area contributed by atoms with E-state index in [-0.39, 0.29) is 5.91 Å². The first kappa shape index (κ1) is 20.2. The Morgan fingerprint density at radius 2 is 1.68 bits per heavy atom. The molecule has 0 unspecified atom stereocenters. The summed E-state index contributed by atoms with van der Waals surface area (Å²) in [6.07, 6.45) is 1.89. The highest BCUT2D eigenvalue weighted by atomic mass is 16.5. The molecule has 1 aliphatic heterocycles. The van der Waals surface area contributed by atoms with Crippen LogP contribution in [0.5, 0.6) is 5.75 Å². The van der Waals surface area contributed by atoms with Gasteiger partial charge in [0.05, 0.1) is 6.61 Å². The maximum absolute atomic E-state index is 12.2. The number of carbonyl (C=O) groups excluding carboxylic acids is 1. The molecular formula is C23H31N3O2. The molecule has 5 heteroatoms. The van der Waals surface area contributed by atoms with Gasteiger partial charge in [-0.25, -0.2) is 0 Å². The average molecular weight is 382 g/mol. The highest BCUT2D eigenvalue weighted by molar-refractivity contribution is 5.94. The number of aryl methyl sites for hydroxylation is 1. The van der Waals surface area contributed by atoms with E-state index >= 15 is 0 Å². The van der Waals surface area contributed by atoms with Gasteiger partial charge in [0.2, 0.25) is 0 Å². The van der Waals surface area contributed by atoms with Crippen LogP contribution >= 0.6 is 0 Å². The van der Waals surface area contributed by atoms with E-state index in [1.165, 1.54) is 11.3 Å². The van der Waals surface area contributed by atoms with Gasteiger partial charge in [-0.2, -0.15) is 0 Å². The van der Waals surface area contributed by atoms with Crippen LogP contribution in [-0.4, -0.2) is 57.2 Å². The average Bonchev–Trinajstić information content (AvgIpc) is 2.73. The lowest BCUT2D eigenvalue weighted by molar-refractivity contribution is 0.0953. The van der Waals surface area contributed by atoms with Crippen molar-refractivity contribution in [1.82, 2.24) is 10.2 Å². The summed E-state index contributed by atoms with van der Waals surface area (Å²) in [6, 6.07) is 16.1. The Morgan fingerprint density at radius 1 is 1.00 bits per heavy atom. The normalized spacial score (nSPS) is 14.7. The Bertz CT molecular complexity index is 735. The lowest BCUT2D eigenvalue weighted by Gasteiger charge is -2.34. The van der Waals surface area contributed by atoms with Crippen molar-refractivity contribution >= 4 is 11.6 Å². The Labute approximate surface area is 168 Å². The molecule has 0 aliphatic carbocycles. The van der Waals surface area contributed by atoms with Crippen molar-refractivity contribution in [3.63, 3.8) is 0 Å². The zero-order valence-electron chi connectivity index (χ0n) is 17.0. The van der Waals surface area contributed by atoms with Crippen molar-refractivity contribution in [2.75, 3.05) is 51.3 Å². The monoisotopic (exact) mass is 381 g/mol. The zero-order valence-corrected chi connectivity index (χ0v) is 17.0. The summed E-state index contributed by atoms with van der Waals surface area (Å²) in [4.78, 5) is 17.0. The van der Waals surface area contributed by atoms with Gasteiger partial charge in [-0.15, -0.1) is 0 Å². The topological polar surface area (TPSA) is 44.8 Å². The highest BCUT2D eigenvalue weighted by Crippen LogP contribution is 2.18. The molecule has 1 aliphatic rings. The van der Waals surface area contributed by atoms with Crippen LogP contribution in [0, 0.1) is 0 Å². The molecule has 1 heterocycles. The molecule has 1 N–H and O–H groups in total. The largest absolute Gasteiger partial charge is 0.494 e. The van der Waals surface area contributed by atoms with Crippen LogP contribution in [0.3, 0.4) is 0 Å². The third kappa shape index (κ3) is 5.73. The molecule has 0 bridgehead atoms. The number of amides is 1. The van der Waals surface area contributed by atoms with Gasteiger partial charge < -0.3 is 19.9 Å². The van der Waals surface area contributed by atoms with E-state index in [1.807, 2.05) is 19.1 Å². The minimum atomic E-state index is -0.0338. The molecule has 150 valence electrons. The van der Waals surface area contributed by atoms with E-state index in [9.17, 15) is 4.79 Å². The van der Waals surface area contributed by atoms with E-state index in [2.05, 4.69) is 46.4 Å². The van der Waals surface area contributed by atoms with Crippen molar-refractivity contribution < 1.29 is 9.53 Å². The first-order valence-electron chi connectivity index (χ1n) is 10.2.